The fourth-order valence-corrected chi connectivity index (χ4v) is 2.25. The molecule has 1 fully saturated rings. The topological polar surface area (TPSA) is 63.4 Å². The lowest BCUT2D eigenvalue weighted by Crippen LogP contribution is -2.47. The Balaban J connectivity index is 2.48. The Hall–Kier alpha value is -1.98. The third kappa shape index (κ3) is 2.43. The van der Waals surface area contributed by atoms with Crippen LogP contribution in [0.1, 0.15) is 26.7 Å². The van der Waals surface area contributed by atoms with Gasteiger partial charge in [-0.15, -0.1) is 0 Å². The van der Waals surface area contributed by atoms with Gasteiger partial charge in [-0.3, -0.25) is 9.59 Å². The highest BCUT2D eigenvalue weighted by molar-refractivity contribution is 6.18. The summed E-state index contributed by atoms with van der Waals surface area (Å²) < 4.78 is 26.8. The Kier molecular flexibility index (Phi) is 3.04. The van der Waals surface area contributed by atoms with Crippen molar-refractivity contribution in [3.05, 3.63) is 23.8 Å². The number of hydrogen-bond acceptors (Lipinski definition) is 3. The second-order valence-electron chi connectivity index (χ2n) is 5.47. The van der Waals surface area contributed by atoms with Gasteiger partial charge >= 0.3 is 0 Å². The first-order valence-electron chi connectivity index (χ1n) is 5.81. The lowest BCUT2D eigenvalue weighted by Gasteiger charge is -2.35. The van der Waals surface area contributed by atoms with E-state index in [4.69, 9.17) is 5.73 Å². The van der Waals surface area contributed by atoms with Crippen LogP contribution in [0.5, 0.6) is 0 Å². The number of nitrogen functional groups attached to an aromatic ring is 1. The number of piperidine rings is 1. The Bertz CT molecular complexity index is 527. The maximum absolute atomic E-state index is 13.8. The number of imide groups is 1. The molecule has 0 atom stereocenters. The van der Waals surface area contributed by atoms with Gasteiger partial charge in [-0.1, -0.05) is 13.8 Å². The van der Waals surface area contributed by atoms with Gasteiger partial charge in [0.1, 0.15) is 11.5 Å². The van der Waals surface area contributed by atoms with Gasteiger partial charge in [0, 0.05) is 18.9 Å². The minimum absolute atomic E-state index is 0.106. The molecule has 4 nitrogen and oxygen atoms in total. The molecule has 0 aromatic heterocycles. The number of halogens is 2. The van der Waals surface area contributed by atoms with E-state index in [0.29, 0.717) is 6.07 Å². The molecule has 1 aliphatic rings. The number of benzene rings is 1. The van der Waals surface area contributed by atoms with Crippen molar-refractivity contribution in [1.29, 1.82) is 0 Å². The molecule has 1 heterocycles. The van der Waals surface area contributed by atoms with E-state index in [2.05, 4.69) is 0 Å². The minimum atomic E-state index is -1.01. The number of nitrogens with two attached hydrogens (primary N) is 1. The second kappa shape index (κ2) is 4.29. The van der Waals surface area contributed by atoms with E-state index < -0.39 is 28.9 Å². The third-order valence-corrected chi connectivity index (χ3v) is 3.04. The van der Waals surface area contributed by atoms with Crippen LogP contribution in [-0.4, -0.2) is 11.8 Å². The summed E-state index contributed by atoms with van der Waals surface area (Å²) in [6.45, 7) is 3.56. The number of carbonyl (C=O) groups is 2. The molecule has 2 amide bonds. The van der Waals surface area contributed by atoms with Crippen molar-refractivity contribution in [3.8, 4) is 0 Å². The van der Waals surface area contributed by atoms with Crippen molar-refractivity contribution in [2.45, 2.75) is 26.7 Å². The van der Waals surface area contributed by atoms with Gasteiger partial charge in [-0.25, -0.2) is 13.7 Å². The smallest absolute Gasteiger partial charge is 0.234 e. The Labute approximate surface area is 109 Å². The molecule has 0 saturated carbocycles. The largest absolute Gasteiger partial charge is 0.397 e. The van der Waals surface area contributed by atoms with Crippen LogP contribution in [0, 0.1) is 17.0 Å². The third-order valence-electron chi connectivity index (χ3n) is 3.04. The van der Waals surface area contributed by atoms with Gasteiger partial charge in [-0.2, -0.15) is 0 Å². The van der Waals surface area contributed by atoms with Crippen LogP contribution in [0.4, 0.5) is 20.2 Å². The van der Waals surface area contributed by atoms with Crippen LogP contribution in [0.2, 0.25) is 0 Å². The predicted octanol–water partition coefficient (Wildman–Crippen LogP) is 2.23. The van der Waals surface area contributed by atoms with E-state index in [1.807, 2.05) is 0 Å². The summed E-state index contributed by atoms with van der Waals surface area (Å²) in [6.07, 6.45) is 0.212. The molecular weight excluding hydrogens is 254 g/mol. The van der Waals surface area contributed by atoms with Crippen LogP contribution in [0.25, 0.3) is 0 Å². The quantitative estimate of drug-likeness (QED) is 0.627. The molecule has 6 heteroatoms. The molecule has 2 N–H and O–H groups in total. The van der Waals surface area contributed by atoms with Gasteiger partial charge in [0.15, 0.2) is 5.82 Å². The van der Waals surface area contributed by atoms with E-state index >= 15 is 0 Å². The number of hydrogen-bond donors (Lipinski definition) is 1. The SMILES string of the molecule is CC1(C)CC(=O)N(c2c(N)cc(F)cc2F)C(=O)C1. The highest BCUT2D eigenvalue weighted by Gasteiger charge is 2.40. The number of nitrogens with zero attached hydrogens (tertiary/aromatic N) is 1. The number of carbonyl (C=O) groups excluding carboxylic acids is 2. The summed E-state index contributed by atoms with van der Waals surface area (Å²) in [5.74, 6) is -2.92. The zero-order valence-corrected chi connectivity index (χ0v) is 10.7. The molecule has 0 radical (unpaired) electrons. The van der Waals surface area contributed by atoms with Gasteiger partial charge in [0.2, 0.25) is 11.8 Å². The summed E-state index contributed by atoms with van der Waals surface area (Å²) in [5, 5.41) is 0. The molecule has 1 saturated heterocycles. The first kappa shape index (κ1) is 13.5. The van der Waals surface area contributed by atoms with Crippen molar-refractivity contribution in [2.75, 3.05) is 10.6 Å². The van der Waals surface area contributed by atoms with Crippen LogP contribution in [-0.2, 0) is 9.59 Å². The molecule has 1 aromatic carbocycles. The van der Waals surface area contributed by atoms with Crippen molar-refractivity contribution in [2.24, 2.45) is 5.41 Å². The van der Waals surface area contributed by atoms with E-state index in [1.54, 1.807) is 13.8 Å². The van der Waals surface area contributed by atoms with Crippen molar-refractivity contribution in [3.63, 3.8) is 0 Å². The molecule has 19 heavy (non-hydrogen) atoms. The van der Waals surface area contributed by atoms with E-state index in [1.165, 1.54) is 0 Å². The molecule has 1 aliphatic heterocycles. The van der Waals surface area contributed by atoms with E-state index in [0.717, 1.165) is 11.0 Å². The monoisotopic (exact) mass is 268 g/mol. The maximum atomic E-state index is 13.8. The average Bonchev–Trinajstić information content (AvgIpc) is 2.18. The summed E-state index contributed by atoms with van der Waals surface area (Å²) in [4.78, 5) is 24.7. The van der Waals surface area contributed by atoms with Gasteiger partial charge < -0.3 is 5.73 Å². The molecule has 0 aliphatic carbocycles. The summed E-state index contributed by atoms with van der Waals surface area (Å²) in [7, 11) is 0. The second-order valence-corrected chi connectivity index (χ2v) is 5.47. The standard InChI is InChI=1S/C13H14F2N2O2/c1-13(2)5-10(18)17(11(19)6-13)12-8(15)3-7(14)4-9(12)16/h3-4H,5-6,16H2,1-2H3. The van der Waals surface area contributed by atoms with Crippen LogP contribution >= 0.6 is 0 Å². The van der Waals surface area contributed by atoms with Crippen LogP contribution in [0.3, 0.4) is 0 Å². The number of rotatable bonds is 1. The van der Waals surface area contributed by atoms with Crippen molar-refractivity contribution in [1.82, 2.24) is 0 Å². The molecule has 0 unspecified atom stereocenters. The summed E-state index contributed by atoms with van der Waals surface area (Å²) in [6, 6.07) is 1.49. The maximum Gasteiger partial charge on any atom is 0.234 e. The average molecular weight is 268 g/mol. The molecule has 102 valence electrons. The van der Waals surface area contributed by atoms with Crippen LogP contribution < -0.4 is 10.6 Å². The molecule has 2 rings (SSSR count). The lowest BCUT2D eigenvalue weighted by atomic mass is 9.81. The van der Waals surface area contributed by atoms with Crippen molar-refractivity contribution >= 4 is 23.2 Å². The van der Waals surface area contributed by atoms with E-state index in [-0.39, 0.29) is 24.2 Å². The molecule has 0 spiro atoms. The number of anilines is 2. The Morgan fingerprint density at radius 2 is 1.68 bits per heavy atom. The minimum Gasteiger partial charge on any atom is -0.397 e. The summed E-state index contributed by atoms with van der Waals surface area (Å²) in [5.41, 5.74) is 4.44. The van der Waals surface area contributed by atoms with Gasteiger partial charge in [0.05, 0.1) is 5.69 Å². The predicted molar refractivity (Wildman–Crippen MR) is 66.3 cm³/mol. The van der Waals surface area contributed by atoms with E-state index in [9.17, 15) is 18.4 Å². The fourth-order valence-electron chi connectivity index (χ4n) is 2.25. The van der Waals surface area contributed by atoms with Gasteiger partial charge in [-0.05, 0) is 11.5 Å². The Morgan fingerprint density at radius 3 is 2.16 bits per heavy atom. The fraction of sp³-hybridized carbons (Fsp3) is 0.385. The molecular formula is C13H14F2N2O2. The summed E-state index contributed by atoms with van der Waals surface area (Å²) >= 11 is 0. The molecule has 1 aromatic rings. The first-order chi connectivity index (χ1) is 8.71. The highest BCUT2D eigenvalue weighted by atomic mass is 19.1. The molecule has 0 bridgehead atoms. The van der Waals surface area contributed by atoms with Crippen molar-refractivity contribution < 1.29 is 18.4 Å². The number of amides is 2. The zero-order chi connectivity index (χ0) is 14.4. The Morgan fingerprint density at radius 1 is 1.16 bits per heavy atom. The van der Waals surface area contributed by atoms with Gasteiger partial charge in [0.25, 0.3) is 0 Å². The normalized spacial score (nSPS) is 18.8. The lowest BCUT2D eigenvalue weighted by molar-refractivity contribution is -0.132. The zero-order valence-electron chi connectivity index (χ0n) is 10.7. The highest BCUT2D eigenvalue weighted by Crippen LogP contribution is 2.37. The first-order valence-corrected chi connectivity index (χ1v) is 5.81. The van der Waals surface area contributed by atoms with Crippen LogP contribution in [0.15, 0.2) is 12.1 Å².